The van der Waals surface area contributed by atoms with E-state index < -0.39 is 17.7 Å². The van der Waals surface area contributed by atoms with E-state index in [4.69, 9.17) is 4.74 Å². The minimum Gasteiger partial charge on any atom is -0.453 e. The van der Waals surface area contributed by atoms with E-state index in [1.54, 1.807) is 12.1 Å². The van der Waals surface area contributed by atoms with Crippen molar-refractivity contribution in [2.45, 2.75) is 70.1 Å². The highest BCUT2D eigenvalue weighted by Crippen LogP contribution is 2.50. The minimum absolute atomic E-state index is 0.00585. The zero-order chi connectivity index (χ0) is 34.8. The Morgan fingerprint density at radius 1 is 1.08 bits per heavy atom. The second-order valence-corrected chi connectivity index (χ2v) is 15.2. The van der Waals surface area contributed by atoms with Gasteiger partial charge in [0, 0.05) is 75.3 Å². The summed E-state index contributed by atoms with van der Waals surface area (Å²) in [5, 5.41) is 15.8. The van der Waals surface area contributed by atoms with Crippen molar-refractivity contribution in [1.29, 1.82) is 5.26 Å². The number of carbonyl (C=O) groups is 2. The summed E-state index contributed by atoms with van der Waals surface area (Å²) < 4.78 is 33.3. The van der Waals surface area contributed by atoms with E-state index >= 15 is 0 Å². The largest absolute Gasteiger partial charge is 0.453 e. The van der Waals surface area contributed by atoms with E-state index in [2.05, 4.69) is 39.5 Å². The van der Waals surface area contributed by atoms with Crippen LogP contribution in [-0.4, -0.2) is 93.5 Å². The van der Waals surface area contributed by atoms with Gasteiger partial charge < -0.3 is 25.2 Å². The average Bonchev–Trinajstić information content (AvgIpc) is 3.52. The van der Waals surface area contributed by atoms with Gasteiger partial charge in [0.05, 0.1) is 18.7 Å². The van der Waals surface area contributed by atoms with Gasteiger partial charge in [-0.25, -0.2) is 13.6 Å². The molecule has 2 aromatic rings. The molecule has 3 saturated heterocycles. The maximum absolute atomic E-state index is 14.9. The van der Waals surface area contributed by atoms with Crippen LogP contribution < -0.4 is 15.5 Å². The Morgan fingerprint density at radius 3 is 2.49 bits per heavy atom. The number of amides is 2. The van der Waals surface area contributed by atoms with Crippen LogP contribution in [0.3, 0.4) is 0 Å². The van der Waals surface area contributed by atoms with E-state index in [1.165, 1.54) is 20.1 Å². The van der Waals surface area contributed by atoms with E-state index in [0.717, 1.165) is 81.6 Å². The molecule has 1 saturated carbocycles. The fourth-order valence-electron chi connectivity index (χ4n) is 9.34. The number of halogens is 2. The molecule has 0 bridgehead atoms. The van der Waals surface area contributed by atoms with E-state index in [9.17, 15) is 23.6 Å². The number of nitriles is 1. The molecule has 6 rings (SSSR count). The molecule has 0 spiro atoms. The summed E-state index contributed by atoms with van der Waals surface area (Å²) in [7, 11) is 1.37. The Bertz CT molecular complexity index is 1550. The number of hydrogen-bond acceptors (Lipinski definition) is 7. The van der Waals surface area contributed by atoms with Crippen molar-refractivity contribution < 1.29 is 23.1 Å². The second kappa shape index (κ2) is 14.6. The van der Waals surface area contributed by atoms with Crippen LogP contribution in [0.5, 0.6) is 0 Å². The number of anilines is 1. The van der Waals surface area contributed by atoms with Crippen LogP contribution >= 0.6 is 0 Å². The topological polar surface area (TPSA) is 101 Å². The first-order valence-corrected chi connectivity index (χ1v) is 17.7. The van der Waals surface area contributed by atoms with E-state index in [0.29, 0.717) is 31.7 Å². The zero-order valence-corrected chi connectivity index (χ0v) is 29.0. The highest BCUT2D eigenvalue weighted by molar-refractivity contribution is 5.73. The lowest BCUT2D eigenvalue weighted by molar-refractivity contribution is -0.119. The number of alkyl carbamates (subject to hydrolysis) is 1. The second-order valence-electron chi connectivity index (χ2n) is 15.2. The average molecular weight is 677 g/mol. The van der Waals surface area contributed by atoms with Gasteiger partial charge in [-0.1, -0.05) is 25.5 Å². The number of benzene rings is 2. The standard InChI is InChI=1S/C38H50F2N6O3/c1-26(47)42-22-38(30-6-4-7-31(39)17-30,34-8-5-9-35(34)43-36(48)49-3)29-12-14-44(15-13-29)23-37(2)24-46(25-37)33-11-10-27(18-41)28(16-33)19-45-20-32(40)21-45/h4,6-7,10-11,16-17,29,32,34-35H,5,8-9,12-15,19-25H2,1-3H3,(H,42,47)(H,43,48)/t34-,35-,38-/m0/s1. The van der Waals surface area contributed by atoms with Gasteiger partial charge in [0.25, 0.3) is 0 Å². The summed E-state index contributed by atoms with van der Waals surface area (Å²) in [5.41, 5.74) is 3.13. The molecule has 3 heterocycles. The molecule has 4 fully saturated rings. The predicted octanol–water partition coefficient (Wildman–Crippen LogP) is 4.99. The number of methoxy groups -OCH3 is 1. The summed E-state index contributed by atoms with van der Waals surface area (Å²) in [6, 6.07) is 15.0. The Kier molecular flexibility index (Phi) is 10.5. The number of hydrogen-bond donors (Lipinski definition) is 2. The molecular formula is C38H50F2N6O3. The summed E-state index contributed by atoms with van der Waals surface area (Å²) in [5.74, 6) is -0.251. The number of likely N-dealkylation sites (tertiary alicyclic amines) is 2. The van der Waals surface area contributed by atoms with Gasteiger partial charge in [-0.05, 0) is 92.1 Å². The smallest absolute Gasteiger partial charge is 0.407 e. The van der Waals surface area contributed by atoms with Gasteiger partial charge in [0.1, 0.15) is 12.0 Å². The quantitative estimate of drug-likeness (QED) is 0.346. The molecule has 0 aromatic heterocycles. The van der Waals surface area contributed by atoms with Gasteiger partial charge in [-0.3, -0.25) is 9.69 Å². The number of nitrogens with one attached hydrogen (secondary N) is 2. The lowest BCUT2D eigenvalue weighted by Crippen LogP contribution is -2.61. The summed E-state index contributed by atoms with van der Waals surface area (Å²) in [6.07, 6.45) is 3.16. The monoisotopic (exact) mass is 676 g/mol. The zero-order valence-electron chi connectivity index (χ0n) is 29.0. The SMILES string of the molecule is COC(=O)N[C@H]1CCC[C@@H]1[C@](CNC(C)=O)(c1cccc(F)c1)C1CCN(CC2(C)CN(c3ccc(C#N)c(CN4CC(F)C4)c3)C2)CC1. The van der Waals surface area contributed by atoms with Gasteiger partial charge in [0.2, 0.25) is 5.91 Å². The first-order chi connectivity index (χ1) is 23.5. The molecule has 11 heteroatoms. The Morgan fingerprint density at radius 2 is 1.84 bits per heavy atom. The lowest BCUT2D eigenvalue weighted by atomic mass is 9.58. The number of piperidine rings is 1. The highest BCUT2D eigenvalue weighted by Gasteiger charge is 2.52. The summed E-state index contributed by atoms with van der Waals surface area (Å²) >= 11 is 0. The lowest BCUT2D eigenvalue weighted by Gasteiger charge is -2.54. The van der Waals surface area contributed by atoms with Gasteiger partial charge in [-0.15, -0.1) is 0 Å². The molecule has 2 aromatic carbocycles. The number of carbonyl (C=O) groups excluding carboxylic acids is 2. The minimum atomic E-state index is -0.770. The number of ether oxygens (including phenoxy) is 1. The normalized spacial score (nSPS) is 24.3. The summed E-state index contributed by atoms with van der Waals surface area (Å²) in [4.78, 5) is 31.7. The Hall–Kier alpha value is -3.75. The summed E-state index contributed by atoms with van der Waals surface area (Å²) in [6.45, 7) is 10.2. The fourth-order valence-corrected chi connectivity index (χ4v) is 9.34. The van der Waals surface area contributed by atoms with Crippen LogP contribution in [0.1, 0.15) is 62.6 Å². The van der Waals surface area contributed by atoms with Gasteiger partial charge >= 0.3 is 6.09 Å². The first-order valence-electron chi connectivity index (χ1n) is 17.7. The predicted molar refractivity (Wildman–Crippen MR) is 184 cm³/mol. The third-order valence-electron chi connectivity index (χ3n) is 11.6. The molecular weight excluding hydrogens is 626 g/mol. The molecule has 3 aliphatic heterocycles. The van der Waals surface area contributed by atoms with Crippen molar-refractivity contribution in [1.82, 2.24) is 20.4 Å². The molecule has 9 nitrogen and oxygen atoms in total. The van der Waals surface area contributed by atoms with Crippen molar-refractivity contribution >= 4 is 17.7 Å². The molecule has 3 atom stereocenters. The number of rotatable bonds is 11. The first kappa shape index (κ1) is 35.1. The Balaban J connectivity index is 1.15. The van der Waals surface area contributed by atoms with Gasteiger partial charge in [-0.2, -0.15) is 5.26 Å². The maximum Gasteiger partial charge on any atom is 0.407 e. The number of nitrogens with zero attached hydrogens (tertiary/aromatic N) is 4. The van der Waals surface area contributed by atoms with Gasteiger partial charge in [0.15, 0.2) is 0 Å². The van der Waals surface area contributed by atoms with Crippen molar-refractivity contribution in [3.8, 4) is 6.07 Å². The van der Waals surface area contributed by atoms with Crippen molar-refractivity contribution in [3.05, 3.63) is 65.0 Å². The fraction of sp³-hybridized carbons (Fsp3) is 0.605. The third kappa shape index (κ3) is 7.56. The van der Waals surface area contributed by atoms with Crippen LogP contribution in [0.4, 0.5) is 19.3 Å². The van der Waals surface area contributed by atoms with Crippen molar-refractivity contribution in [2.24, 2.45) is 17.3 Å². The van der Waals surface area contributed by atoms with E-state index in [1.807, 2.05) is 23.1 Å². The third-order valence-corrected chi connectivity index (χ3v) is 11.6. The molecule has 4 aliphatic rings. The van der Waals surface area contributed by atoms with Crippen molar-refractivity contribution in [2.75, 3.05) is 64.4 Å². The number of alkyl halides is 1. The van der Waals surface area contributed by atoms with Crippen LogP contribution in [0, 0.1) is 34.4 Å². The molecule has 264 valence electrons. The molecule has 49 heavy (non-hydrogen) atoms. The Labute approximate surface area is 288 Å². The molecule has 2 N–H and O–H groups in total. The van der Waals surface area contributed by atoms with Crippen LogP contribution in [0.15, 0.2) is 42.5 Å². The van der Waals surface area contributed by atoms with Crippen LogP contribution in [0.25, 0.3) is 0 Å². The molecule has 2 amide bonds. The van der Waals surface area contributed by atoms with Crippen LogP contribution in [-0.2, 0) is 21.5 Å². The van der Waals surface area contributed by atoms with Crippen LogP contribution in [0.2, 0.25) is 0 Å². The highest BCUT2D eigenvalue weighted by atomic mass is 19.1. The molecule has 0 unspecified atom stereocenters. The molecule has 1 aliphatic carbocycles. The molecule has 0 radical (unpaired) electrons. The van der Waals surface area contributed by atoms with Crippen molar-refractivity contribution in [3.63, 3.8) is 0 Å². The van der Waals surface area contributed by atoms with E-state index in [-0.39, 0.29) is 35.0 Å². The maximum atomic E-state index is 14.9.